The van der Waals surface area contributed by atoms with E-state index in [1.165, 1.54) is 0 Å². The van der Waals surface area contributed by atoms with E-state index in [4.69, 9.17) is 11.6 Å². The van der Waals surface area contributed by atoms with Crippen molar-refractivity contribution in [2.75, 3.05) is 5.32 Å². The number of nitrogens with one attached hydrogen (secondary N) is 1. The van der Waals surface area contributed by atoms with Crippen molar-refractivity contribution in [1.29, 1.82) is 0 Å². The predicted molar refractivity (Wildman–Crippen MR) is 55.8 cm³/mol. The highest BCUT2D eigenvalue weighted by atomic mass is 35.5. The first kappa shape index (κ1) is 13.5. The summed E-state index contributed by atoms with van der Waals surface area (Å²) in [5.41, 5.74) is -1.21. The van der Waals surface area contributed by atoms with Gasteiger partial charge >= 0.3 is 6.18 Å². The van der Waals surface area contributed by atoms with E-state index in [9.17, 15) is 22.8 Å². The molecule has 17 heavy (non-hydrogen) atoms. The molecule has 0 aliphatic carbocycles. The second kappa shape index (κ2) is 4.75. The molecule has 0 spiro atoms. The van der Waals surface area contributed by atoms with Gasteiger partial charge in [0.15, 0.2) is 0 Å². The van der Waals surface area contributed by atoms with Gasteiger partial charge in [-0.1, -0.05) is 11.6 Å². The van der Waals surface area contributed by atoms with E-state index in [1.807, 2.05) is 5.32 Å². The van der Waals surface area contributed by atoms with Crippen LogP contribution in [0.4, 0.5) is 18.9 Å². The van der Waals surface area contributed by atoms with Crippen molar-refractivity contribution in [2.45, 2.75) is 13.1 Å². The Morgan fingerprint density at radius 2 is 1.88 bits per heavy atom. The number of ketones is 1. The summed E-state index contributed by atoms with van der Waals surface area (Å²) in [4.78, 5) is 21.7. The van der Waals surface area contributed by atoms with Crippen molar-refractivity contribution in [1.82, 2.24) is 0 Å². The number of carbonyl (C=O) groups excluding carboxylic acids is 2. The normalized spacial score (nSPS) is 11.1. The Bertz CT molecular complexity index is 471. The summed E-state index contributed by atoms with van der Waals surface area (Å²) in [6, 6.07) is 2.45. The van der Waals surface area contributed by atoms with Crippen LogP contribution in [0, 0.1) is 0 Å². The molecule has 0 radical (unpaired) electrons. The molecule has 7 heteroatoms. The topological polar surface area (TPSA) is 46.2 Å². The maximum atomic E-state index is 12.4. The van der Waals surface area contributed by atoms with Crippen LogP contribution in [-0.2, 0) is 15.8 Å². The monoisotopic (exact) mass is 265 g/mol. The minimum absolute atomic E-state index is 0.0763. The van der Waals surface area contributed by atoms with Crippen molar-refractivity contribution >= 4 is 29.0 Å². The first-order valence-corrected chi connectivity index (χ1v) is 4.78. The van der Waals surface area contributed by atoms with Crippen LogP contribution in [0.2, 0.25) is 5.02 Å². The number of hydrogen-bond donors (Lipinski definition) is 1. The molecule has 1 rings (SSSR count). The van der Waals surface area contributed by atoms with Crippen LogP contribution in [0.3, 0.4) is 0 Å². The summed E-state index contributed by atoms with van der Waals surface area (Å²) in [6.45, 7) is 0.997. The maximum absolute atomic E-state index is 12.4. The molecule has 1 aromatic rings. The van der Waals surface area contributed by atoms with Crippen LogP contribution in [0.1, 0.15) is 12.5 Å². The first-order valence-electron chi connectivity index (χ1n) is 4.40. The number of hydrogen-bond acceptors (Lipinski definition) is 2. The average molecular weight is 266 g/mol. The summed E-state index contributed by atoms with van der Waals surface area (Å²) in [5, 5.41) is 1.93. The lowest BCUT2D eigenvalue weighted by Gasteiger charge is -2.10. The van der Waals surface area contributed by atoms with Crippen molar-refractivity contribution in [3.63, 3.8) is 0 Å². The fourth-order valence-corrected chi connectivity index (χ4v) is 1.17. The third kappa shape index (κ3) is 3.45. The van der Waals surface area contributed by atoms with Crippen LogP contribution < -0.4 is 5.32 Å². The standard InChI is InChI=1S/C10H7ClF3NO2/c1-5(16)9(17)15-8-4-6(10(12,13)14)2-3-7(8)11/h2-4H,1H3,(H,15,17). The Morgan fingerprint density at radius 3 is 2.35 bits per heavy atom. The van der Waals surface area contributed by atoms with E-state index in [0.717, 1.165) is 19.1 Å². The molecule has 0 aromatic heterocycles. The summed E-state index contributed by atoms with van der Waals surface area (Å²) in [5.74, 6) is -1.84. The molecule has 0 unspecified atom stereocenters. The third-order valence-electron chi connectivity index (χ3n) is 1.86. The van der Waals surface area contributed by atoms with Gasteiger partial charge in [-0.25, -0.2) is 0 Å². The molecule has 0 aliphatic heterocycles. The number of alkyl halides is 3. The summed E-state index contributed by atoms with van der Waals surface area (Å²) in [6.07, 6.45) is -4.54. The summed E-state index contributed by atoms with van der Waals surface area (Å²) in [7, 11) is 0. The Kier molecular flexibility index (Phi) is 3.77. The smallest absolute Gasteiger partial charge is 0.318 e. The SMILES string of the molecule is CC(=O)C(=O)Nc1cc(C(F)(F)F)ccc1Cl. The van der Waals surface area contributed by atoms with Crippen LogP contribution in [0.15, 0.2) is 18.2 Å². The van der Waals surface area contributed by atoms with Gasteiger partial charge in [-0.15, -0.1) is 0 Å². The van der Waals surface area contributed by atoms with Gasteiger partial charge in [0.25, 0.3) is 5.91 Å². The Labute approximate surface area is 99.6 Å². The summed E-state index contributed by atoms with van der Waals surface area (Å²) < 4.78 is 37.1. The number of halogens is 4. The van der Waals surface area contributed by atoms with Crippen molar-refractivity contribution in [3.8, 4) is 0 Å². The molecular weight excluding hydrogens is 259 g/mol. The van der Waals surface area contributed by atoms with Crippen molar-refractivity contribution < 1.29 is 22.8 Å². The third-order valence-corrected chi connectivity index (χ3v) is 2.19. The minimum atomic E-state index is -4.54. The number of rotatable bonds is 2. The van der Waals surface area contributed by atoms with Gasteiger partial charge in [0, 0.05) is 6.92 Å². The van der Waals surface area contributed by atoms with E-state index in [-0.39, 0.29) is 10.7 Å². The molecule has 0 aliphatic rings. The van der Waals surface area contributed by atoms with E-state index >= 15 is 0 Å². The fourth-order valence-electron chi connectivity index (χ4n) is 1.01. The van der Waals surface area contributed by atoms with Crippen LogP contribution in [0.25, 0.3) is 0 Å². The summed E-state index contributed by atoms with van der Waals surface area (Å²) >= 11 is 5.60. The zero-order valence-electron chi connectivity index (χ0n) is 8.56. The molecular formula is C10H7ClF3NO2. The Balaban J connectivity index is 3.07. The molecule has 92 valence electrons. The number of benzene rings is 1. The predicted octanol–water partition coefficient (Wildman–Crippen LogP) is 2.89. The number of anilines is 1. The van der Waals surface area contributed by atoms with Crippen molar-refractivity contribution in [2.24, 2.45) is 0 Å². The molecule has 1 amide bonds. The number of amides is 1. The lowest BCUT2D eigenvalue weighted by molar-refractivity contribution is -0.137. The second-order valence-electron chi connectivity index (χ2n) is 3.20. The zero-order chi connectivity index (χ0) is 13.2. The highest BCUT2D eigenvalue weighted by molar-refractivity contribution is 6.41. The maximum Gasteiger partial charge on any atom is 0.416 e. The van der Waals surface area contributed by atoms with E-state index in [1.54, 1.807) is 0 Å². The Hall–Kier alpha value is -1.56. The zero-order valence-corrected chi connectivity index (χ0v) is 9.32. The molecule has 3 nitrogen and oxygen atoms in total. The highest BCUT2D eigenvalue weighted by Gasteiger charge is 2.31. The van der Waals surface area contributed by atoms with Crippen LogP contribution in [0.5, 0.6) is 0 Å². The second-order valence-corrected chi connectivity index (χ2v) is 3.61. The van der Waals surface area contributed by atoms with Crippen LogP contribution >= 0.6 is 11.6 Å². The lowest BCUT2D eigenvalue weighted by Crippen LogP contribution is -2.20. The fraction of sp³-hybridized carbons (Fsp3) is 0.200. The minimum Gasteiger partial charge on any atom is -0.318 e. The number of carbonyl (C=O) groups is 2. The van der Waals surface area contributed by atoms with E-state index in [2.05, 4.69) is 0 Å². The largest absolute Gasteiger partial charge is 0.416 e. The van der Waals surface area contributed by atoms with Gasteiger partial charge in [-0.3, -0.25) is 9.59 Å². The molecule has 0 heterocycles. The van der Waals surface area contributed by atoms with Crippen LogP contribution in [-0.4, -0.2) is 11.7 Å². The lowest BCUT2D eigenvalue weighted by atomic mass is 10.2. The van der Waals surface area contributed by atoms with Gasteiger partial charge in [0.05, 0.1) is 16.3 Å². The van der Waals surface area contributed by atoms with Gasteiger partial charge in [0.2, 0.25) is 5.78 Å². The molecule has 0 saturated carbocycles. The average Bonchev–Trinajstić information content (AvgIpc) is 2.19. The van der Waals surface area contributed by atoms with Gasteiger partial charge in [0.1, 0.15) is 0 Å². The van der Waals surface area contributed by atoms with E-state index in [0.29, 0.717) is 6.07 Å². The van der Waals surface area contributed by atoms with Gasteiger partial charge < -0.3 is 5.32 Å². The molecule has 0 fully saturated rings. The Morgan fingerprint density at radius 1 is 1.29 bits per heavy atom. The van der Waals surface area contributed by atoms with Gasteiger partial charge in [-0.2, -0.15) is 13.2 Å². The van der Waals surface area contributed by atoms with Crippen molar-refractivity contribution in [3.05, 3.63) is 28.8 Å². The highest BCUT2D eigenvalue weighted by Crippen LogP contribution is 2.33. The molecule has 0 atom stereocenters. The molecule has 0 bridgehead atoms. The van der Waals surface area contributed by atoms with E-state index < -0.39 is 23.4 Å². The molecule has 1 aromatic carbocycles. The molecule has 1 N–H and O–H groups in total. The first-order chi connectivity index (χ1) is 7.71. The van der Waals surface area contributed by atoms with Gasteiger partial charge in [-0.05, 0) is 18.2 Å². The quantitative estimate of drug-likeness (QED) is 0.836. The molecule has 0 saturated heterocycles. The number of Topliss-reactive ketones (excluding diaryl/α,β-unsaturated/α-hetero) is 1.